The van der Waals surface area contributed by atoms with E-state index < -0.39 is 6.09 Å². The molecular formula is C24H28N2O4. The smallest absolute Gasteiger partial charge is 0.407 e. The largest absolute Gasteiger partial charge is 0.445 e. The lowest BCUT2D eigenvalue weighted by Gasteiger charge is -2.30. The Hall–Kier alpha value is -2.86. The Kier molecular flexibility index (Phi) is 6.33. The van der Waals surface area contributed by atoms with E-state index in [9.17, 15) is 14.7 Å². The third-order valence-electron chi connectivity index (χ3n) is 6.10. The molecule has 0 radical (unpaired) electrons. The lowest BCUT2D eigenvalue weighted by atomic mass is 9.85. The predicted molar refractivity (Wildman–Crippen MR) is 112 cm³/mol. The molecule has 30 heavy (non-hydrogen) atoms. The van der Waals surface area contributed by atoms with Crippen LogP contribution in [0.15, 0.2) is 48.5 Å². The van der Waals surface area contributed by atoms with Crippen LogP contribution in [0.25, 0.3) is 0 Å². The van der Waals surface area contributed by atoms with Crippen molar-refractivity contribution >= 4 is 12.0 Å². The fraction of sp³-hybridized carbons (Fsp3) is 0.417. The van der Waals surface area contributed by atoms with E-state index in [-0.39, 0.29) is 31.1 Å². The Morgan fingerprint density at radius 3 is 2.43 bits per heavy atom. The molecule has 0 aromatic heterocycles. The number of nitrogens with one attached hydrogen (secondary N) is 1. The molecule has 158 valence electrons. The van der Waals surface area contributed by atoms with Gasteiger partial charge in [0.25, 0.3) is 0 Å². The Labute approximate surface area is 176 Å². The van der Waals surface area contributed by atoms with Crippen LogP contribution < -0.4 is 5.32 Å². The van der Waals surface area contributed by atoms with Crippen molar-refractivity contribution in [2.75, 3.05) is 0 Å². The maximum Gasteiger partial charge on any atom is 0.407 e. The minimum Gasteiger partial charge on any atom is -0.445 e. The van der Waals surface area contributed by atoms with Crippen LogP contribution in [0.5, 0.6) is 0 Å². The molecule has 0 atom stereocenters. The average Bonchev–Trinajstić information content (AvgIpc) is 3.22. The van der Waals surface area contributed by atoms with Crippen LogP contribution in [0.1, 0.15) is 47.9 Å². The number of amides is 2. The number of nitrogens with zero attached hydrogens (tertiary/aromatic N) is 1. The van der Waals surface area contributed by atoms with Crippen LogP contribution in [0, 0.1) is 5.92 Å². The lowest BCUT2D eigenvalue weighted by Crippen LogP contribution is -2.41. The number of ether oxygens (including phenoxy) is 1. The zero-order valence-electron chi connectivity index (χ0n) is 17.0. The van der Waals surface area contributed by atoms with Gasteiger partial charge in [-0.05, 0) is 47.9 Å². The van der Waals surface area contributed by atoms with Gasteiger partial charge in [0, 0.05) is 25.0 Å². The fourth-order valence-electron chi connectivity index (χ4n) is 4.38. The highest BCUT2D eigenvalue weighted by Gasteiger charge is 2.32. The number of hydrogen-bond acceptors (Lipinski definition) is 4. The molecule has 1 aliphatic carbocycles. The first-order valence-corrected chi connectivity index (χ1v) is 10.6. The van der Waals surface area contributed by atoms with Gasteiger partial charge in [-0.1, -0.05) is 48.5 Å². The van der Waals surface area contributed by atoms with Gasteiger partial charge in [-0.3, -0.25) is 4.79 Å². The summed E-state index contributed by atoms with van der Waals surface area (Å²) in [5.41, 5.74) is 4.14. The zero-order valence-corrected chi connectivity index (χ0v) is 17.0. The normalized spacial score (nSPS) is 20.5. The van der Waals surface area contributed by atoms with Crippen LogP contribution >= 0.6 is 0 Å². The van der Waals surface area contributed by atoms with E-state index in [1.165, 1.54) is 0 Å². The SMILES string of the molecule is O=C(N[C@H]1CC[C@H](C(=O)N2Cc3ccc(CO)cc3C2)CC1)OCc1ccccc1. The van der Waals surface area contributed by atoms with Gasteiger partial charge < -0.3 is 20.1 Å². The van der Waals surface area contributed by atoms with Crippen molar-refractivity contribution in [1.82, 2.24) is 10.2 Å². The maximum absolute atomic E-state index is 13.0. The molecule has 6 heteroatoms. The van der Waals surface area contributed by atoms with Gasteiger partial charge in [0.1, 0.15) is 6.61 Å². The Morgan fingerprint density at radius 1 is 0.967 bits per heavy atom. The van der Waals surface area contributed by atoms with Crippen molar-refractivity contribution in [1.29, 1.82) is 0 Å². The third kappa shape index (κ3) is 4.82. The number of fused-ring (bicyclic) bond motifs is 1. The summed E-state index contributed by atoms with van der Waals surface area (Å²) in [5, 5.41) is 12.2. The molecule has 2 aromatic rings. The van der Waals surface area contributed by atoms with Crippen molar-refractivity contribution in [3.8, 4) is 0 Å². The van der Waals surface area contributed by atoms with Gasteiger partial charge in [-0.2, -0.15) is 0 Å². The maximum atomic E-state index is 13.0. The summed E-state index contributed by atoms with van der Waals surface area (Å²) >= 11 is 0. The minimum absolute atomic E-state index is 0.00927. The zero-order chi connectivity index (χ0) is 20.9. The Morgan fingerprint density at radius 2 is 1.70 bits per heavy atom. The highest BCUT2D eigenvalue weighted by atomic mass is 16.5. The predicted octanol–water partition coefficient (Wildman–Crippen LogP) is 3.51. The Bertz CT molecular complexity index is 891. The molecule has 1 fully saturated rings. The Balaban J connectivity index is 1.21. The van der Waals surface area contributed by atoms with Gasteiger partial charge in [-0.25, -0.2) is 4.79 Å². The number of rotatable bonds is 5. The van der Waals surface area contributed by atoms with Gasteiger partial charge in [0.15, 0.2) is 0 Å². The first kappa shape index (κ1) is 20.4. The van der Waals surface area contributed by atoms with Crippen LogP contribution in [0.3, 0.4) is 0 Å². The highest BCUT2D eigenvalue weighted by Crippen LogP contribution is 2.30. The van der Waals surface area contributed by atoms with E-state index >= 15 is 0 Å². The number of aliphatic hydroxyl groups is 1. The molecule has 0 saturated heterocycles. The topological polar surface area (TPSA) is 78.9 Å². The highest BCUT2D eigenvalue weighted by molar-refractivity contribution is 5.79. The van der Waals surface area contributed by atoms with E-state index in [4.69, 9.17) is 4.74 Å². The second-order valence-corrected chi connectivity index (χ2v) is 8.21. The van der Waals surface area contributed by atoms with Crippen molar-refractivity contribution < 1.29 is 19.4 Å². The number of alkyl carbamates (subject to hydrolysis) is 1. The van der Waals surface area contributed by atoms with Crippen LogP contribution in [0.4, 0.5) is 4.79 Å². The second-order valence-electron chi connectivity index (χ2n) is 8.21. The summed E-state index contributed by atoms with van der Waals surface area (Å²) < 4.78 is 5.30. The molecule has 1 heterocycles. The van der Waals surface area contributed by atoms with Gasteiger partial charge in [0.2, 0.25) is 5.91 Å². The summed E-state index contributed by atoms with van der Waals surface area (Å²) in [6.07, 6.45) is 2.72. The van der Waals surface area contributed by atoms with Gasteiger partial charge >= 0.3 is 6.09 Å². The molecule has 0 spiro atoms. The quantitative estimate of drug-likeness (QED) is 0.794. The van der Waals surface area contributed by atoms with Crippen molar-refractivity contribution in [2.45, 2.75) is 58.0 Å². The first-order chi connectivity index (χ1) is 14.6. The van der Waals surface area contributed by atoms with Crippen molar-refractivity contribution in [3.05, 3.63) is 70.8 Å². The summed E-state index contributed by atoms with van der Waals surface area (Å²) in [4.78, 5) is 27.0. The van der Waals surface area contributed by atoms with E-state index in [2.05, 4.69) is 5.32 Å². The molecule has 2 amide bonds. The van der Waals surface area contributed by atoms with Crippen LogP contribution in [0.2, 0.25) is 0 Å². The molecule has 6 nitrogen and oxygen atoms in total. The summed E-state index contributed by atoms with van der Waals surface area (Å²) in [5.74, 6) is 0.205. The molecule has 0 bridgehead atoms. The molecule has 1 aliphatic heterocycles. The standard InChI is InChI=1S/C24H28N2O4/c27-15-18-6-7-20-13-26(14-21(20)12-18)23(28)19-8-10-22(11-9-19)25-24(29)30-16-17-4-2-1-3-5-17/h1-7,12,19,22,27H,8-11,13-16H2,(H,25,29)/t19-,22-. The summed E-state index contributed by atoms with van der Waals surface area (Å²) in [6, 6.07) is 15.6. The number of carbonyl (C=O) groups is 2. The third-order valence-corrected chi connectivity index (χ3v) is 6.10. The second kappa shape index (κ2) is 9.30. The molecular weight excluding hydrogens is 380 g/mol. The molecule has 0 unspecified atom stereocenters. The number of benzene rings is 2. The van der Waals surface area contributed by atoms with Gasteiger partial charge in [-0.15, -0.1) is 0 Å². The van der Waals surface area contributed by atoms with Crippen LogP contribution in [-0.4, -0.2) is 28.0 Å². The lowest BCUT2D eigenvalue weighted by molar-refractivity contribution is -0.137. The van der Waals surface area contributed by atoms with Crippen molar-refractivity contribution in [2.24, 2.45) is 5.92 Å². The number of hydrogen-bond donors (Lipinski definition) is 2. The van der Waals surface area contributed by atoms with E-state index in [0.29, 0.717) is 13.1 Å². The molecule has 2 aliphatic rings. The van der Waals surface area contributed by atoms with E-state index in [1.54, 1.807) is 0 Å². The van der Waals surface area contributed by atoms with Crippen LogP contribution in [-0.2, 0) is 35.8 Å². The summed E-state index contributed by atoms with van der Waals surface area (Å²) in [7, 11) is 0. The molecule has 1 saturated carbocycles. The van der Waals surface area contributed by atoms with Gasteiger partial charge in [0.05, 0.1) is 6.61 Å². The number of carbonyl (C=O) groups excluding carboxylic acids is 2. The first-order valence-electron chi connectivity index (χ1n) is 10.6. The molecule has 2 N–H and O–H groups in total. The summed E-state index contributed by atoms with van der Waals surface area (Å²) in [6.45, 7) is 1.54. The van der Waals surface area contributed by atoms with E-state index in [0.717, 1.165) is 47.9 Å². The fourth-order valence-corrected chi connectivity index (χ4v) is 4.38. The monoisotopic (exact) mass is 408 g/mol. The average molecular weight is 408 g/mol. The number of aliphatic hydroxyl groups excluding tert-OH is 1. The molecule has 4 rings (SSSR count). The minimum atomic E-state index is -0.400. The molecule has 2 aromatic carbocycles. The van der Waals surface area contributed by atoms with E-state index in [1.807, 2.05) is 53.4 Å². The van der Waals surface area contributed by atoms with Crippen molar-refractivity contribution in [3.63, 3.8) is 0 Å².